The quantitative estimate of drug-likeness (QED) is 0.227. The maximum absolute atomic E-state index is 13.2. The van der Waals surface area contributed by atoms with E-state index in [0.717, 1.165) is 10.8 Å². The van der Waals surface area contributed by atoms with Gasteiger partial charge in [-0.15, -0.1) is 0 Å². The lowest BCUT2D eigenvalue weighted by Gasteiger charge is -2.17. The second kappa shape index (κ2) is 13.3. The number of nitrogens with two attached hydrogens (primary N) is 1. The van der Waals surface area contributed by atoms with Crippen LogP contribution in [0.1, 0.15) is 20.3 Å². The molecule has 0 fully saturated rings. The third kappa shape index (κ3) is 9.75. The van der Waals surface area contributed by atoms with Crippen LogP contribution in [0.4, 0.5) is 14.9 Å². The summed E-state index contributed by atoms with van der Waals surface area (Å²) in [5.74, 6) is 4.83. The first-order chi connectivity index (χ1) is 13.5. The van der Waals surface area contributed by atoms with Crippen molar-refractivity contribution in [2.75, 3.05) is 24.8 Å². The van der Waals surface area contributed by atoms with Gasteiger partial charge in [0.25, 0.3) is 0 Å². The highest BCUT2D eigenvalue weighted by atomic mass is 19.1. The van der Waals surface area contributed by atoms with E-state index in [1.807, 2.05) is 37.3 Å². The highest BCUT2D eigenvalue weighted by Gasteiger charge is 2.06. The lowest BCUT2D eigenvalue weighted by molar-refractivity contribution is 0.237. The normalized spacial score (nSPS) is 13.3. The Morgan fingerprint density at radius 3 is 2.64 bits per heavy atom. The van der Waals surface area contributed by atoms with E-state index in [0.29, 0.717) is 17.8 Å². The number of urea groups is 1. The van der Waals surface area contributed by atoms with Crippen LogP contribution in [0, 0.1) is 5.92 Å². The molecule has 28 heavy (non-hydrogen) atoms. The van der Waals surface area contributed by atoms with Crippen LogP contribution in [0.25, 0.3) is 0 Å². The summed E-state index contributed by atoms with van der Waals surface area (Å²) in [7, 11) is 0. The highest BCUT2D eigenvalue weighted by Crippen LogP contribution is 2.09. The lowest BCUT2D eigenvalue weighted by atomic mass is 10.1. The molecule has 0 spiro atoms. The van der Waals surface area contributed by atoms with Crippen LogP contribution in [-0.4, -0.2) is 31.0 Å². The molecule has 0 aromatic heterocycles. The predicted molar refractivity (Wildman–Crippen MR) is 110 cm³/mol. The third-order valence-electron chi connectivity index (χ3n) is 3.79. The van der Waals surface area contributed by atoms with Gasteiger partial charge in [-0.05, 0) is 32.4 Å². The Kier molecular flexibility index (Phi) is 11.1. The van der Waals surface area contributed by atoms with Gasteiger partial charge < -0.3 is 16.1 Å². The van der Waals surface area contributed by atoms with Crippen molar-refractivity contribution in [3.63, 3.8) is 0 Å². The summed E-state index contributed by atoms with van der Waals surface area (Å²) in [6, 6.07) is 8.60. The van der Waals surface area contributed by atoms with Crippen LogP contribution >= 0.6 is 0 Å². The number of hydrogen-bond acceptors (Lipinski definition) is 5. The predicted octanol–water partition coefficient (Wildman–Crippen LogP) is 2.98. The van der Waals surface area contributed by atoms with Crippen molar-refractivity contribution in [1.29, 1.82) is 0 Å². The van der Waals surface area contributed by atoms with Gasteiger partial charge in [0.1, 0.15) is 0 Å². The number of benzene rings is 1. The standard InChI is InChI=1S/C20H30FN5O2/c1-16(25-22)8-6-7-9-18(15-21)14-17(2)24-20(27)23-12-13-26(28)19-10-4-3-5-11-19/h3-5,7-11,14,18,25,28H,6,12-13,15,22H2,1-2H3,(H2,23,24,27)/b9-7-,16-8-,17-14+. The van der Waals surface area contributed by atoms with Gasteiger partial charge in [-0.1, -0.05) is 42.5 Å². The first-order valence-corrected chi connectivity index (χ1v) is 9.07. The Morgan fingerprint density at radius 1 is 1.29 bits per heavy atom. The molecule has 1 aromatic carbocycles. The van der Waals surface area contributed by atoms with Gasteiger partial charge in [0.15, 0.2) is 0 Å². The fourth-order valence-corrected chi connectivity index (χ4v) is 2.30. The number of nitrogens with zero attached hydrogens (tertiary/aromatic N) is 1. The summed E-state index contributed by atoms with van der Waals surface area (Å²) >= 11 is 0. The minimum atomic E-state index is -0.564. The Bertz CT molecular complexity index is 676. The second-order valence-corrected chi connectivity index (χ2v) is 6.20. The summed E-state index contributed by atoms with van der Waals surface area (Å²) in [6.07, 6.45) is 7.75. The van der Waals surface area contributed by atoms with Crippen molar-refractivity contribution >= 4 is 11.7 Å². The van der Waals surface area contributed by atoms with Gasteiger partial charge in [0, 0.05) is 23.9 Å². The van der Waals surface area contributed by atoms with E-state index >= 15 is 0 Å². The molecule has 1 aromatic rings. The number of allylic oxidation sites excluding steroid dienone is 6. The van der Waals surface area contributed by atoms with Gasteiger partial charge >= 0.3 is 6.03 Å². The van der Waals surface area contributed by atoms with Crippen LogP contribution in [0.3, 0.4) is 0 Å². The molecule has 7 nitrogen and oxygen atoms in total. The van der Waals surface area contributed by atoms with Crippen LogP contribution in [0.5, 0.6) is 0 Å². The lowest BCUT2D eigenvalue weighted by Crippen LogP contribution is -2.39. The van der Waals surface area contributed by atoms with Gasteiger partial charge in [-0.25, -0.2) is 4.79 Å². The summed E-state index contributed by atoms with van der Waals surface area (Å²) in [5.41, 5.74) is 4.54. The molecule has 6 N–H and O–H groups in total. The molecular formula is C20H30FN5O2. The summed E-state index contributed by atoms with van der Waals surface area (Å²) in [5, 5.41) is 16.3. The maximum atomic E-state index is 13.2. The Hall–Kier alpha value is -2.84. The summed E-state index contributed by atoms with van der Waals surface area (Å²) in [6.45, 7) is 3.45. The monoisotopic (exact) mass is 391 g/mol. The number of anilines is 1. The van der Waals surface area contributed by atoms with Crippen LogP contribution < -0.4 is 27.0 Å². The molecule has 0 saturated carbocycles. The van der Waals surface area contributed by atoms with Crippen molar-refractivity contribution in [2.45, 2.75) is 20.3 Å². The van der Waals surface area contributed by atoms with Crippen molar-refractivity contribution in [3.05, 3.63) is 66.0 Å². The number of rotatable bonds is 11. The molecule has 1 atom stereocenters. The number of para-hydroxylation sites is 1. The summed E-state index contributed by atoms with van der Waals surface area (Å²) in [4.78, 5) is 11.9. The van der Waals surface area contributed by atoms with Crippen molar-refractivity contribution in [1.82, 2.24) is 16.1 Å². The molecule has 1 rings (SSSR count). The Labute approximate surface area is 165 Å². The average Bonchev–Trinajstić information content (AvgIpc) is 2.70. The van der Waals surface area contributed by atoms with Crippen LogP contribution in [-0.2, 0) is 0 Å². The number of nitrogens with one attached hydrogen (secondary N) is 3. The van der Waals surface area contributed by atoms with Crippen LogP contribution in [0.15, 0.2) is 66.0 Å². The molecule has 0 heterocycles. The SMILES string of the molecule is C/C(=C/C/C=C\C(/C=C(\C)NC(=O)NCCN(O)c1ccccc1)CF)NN. The molecule has 0 aliphatic rings. The zero-order valence-electron chi connectivity index (χ0n) is 16.4. The van der Waals surface area contributed by atoms with E-state index in [2.05, 4.69) is 16.1 Å². The number of hydroxylamine groups is 1. The van der Waals surface area contributed by atoms with Crippen LogP contribution in [0.2, 0.25) is 0 Å². The number of hydrogen-bond donors (Lipinski definition) is 5. The fraction of sp³-hybridized carbons (Fsp3) is 0.350. The zero-order valence-corrected chi connectivity index (χ0v) is 16.4. The van der Waals surface area contributed by atoms with E-state index in [4.69, 9.17) is 5.84 Å². The van der Waals surface area contributed by atoms with Crippen molar-refractivity contribution in [3.8, 4) is 0 Å². The first kappa shape index (κ1) is 23.2. The third-order valence-corrected chi connectivity index (χ3v) is 3.79. The molecule has 0 aliphatic carbocycles. The molecule has 0 aliphatic heterocycles. The fourth-order valence-electron chi connectivity index (χ4n) is 2.30. The number of carbonyl (C=O) groups is 1. The smallest absolute Gasteiger partial charge is 0.319 e. The molecule has 0 bridgehead atoms. The Morgan fingerprint density at radius 2 is 2.00 bits per heavy atom. The number of hydrazine groups is 1. The average molecular weight is 391 g/mol. The van der Waals surface area contributed by atoms with E-state index in [1.54, 1.807) is 31.2 Å². The number of carbonyl (C=O) groups excluding carboxylic acids is 1. The summed E-state index contributed by atoms with van der Waals surface area (Å²) < 4.78 is 13.2. The van der Waals surface area contributed by atoms with Gasteiger partial charge in [0.2, 0.25) is 0 Å². The van der Waals surface area contributed by atoms with E-state index < -0.39 is 18.6 Å². The van der Waals surface area contributed by atoms with Gasteiger partial charge in [0.05, 0.1) is 18.9 Å². The minimum absolute atomic E-state index is 0.237. The Balaban J connectivity index is 2.39. The molecule has 8 heteroatoms. The number of halogens is 1. The maximum Gasteiger partial charge on any atom is 0.319 e. The van der Waals surface area contributed by atoms with Crippen molar-refractivity contribution < 1.29 is 14.4 Å². The first-order valence-electron chi connectivity index (χ1n) is 9.07. The topological polar surface area (TPSA) is 103 Å². The largest absolute Gasteiger partial charge is 0.336 e. The molecule has 154 valence electrons. The van der Waals surface area contributed by atoms with E-state index in [-0.39, 0.29) is 13.1 Å². The number of amides is 2. The minimum Gasteiger partial charge on any atom is -0.336 e. The molecule has 2 amide bonds. The molecule has 1 unspecified atom stereocenters. The molecule has 0 radical (unpaired) electrons. The van der Waals surface area contributed by atoms with E-state index in [1.165, 1.54) is 0 Å². The van der Waals surface area contributed by atoms with E-state index in [9.17, 15) is 14.4 Å². The van der Waals surface area contributed by atoms with Gasteiger partial charge in [-0.3, -0.25) is 20.5 Å². The zero-order chi connectivity index (χ0) is 20.8. The molecular weight excluding hydrogens is 361 g/mol. The van der Waals surface area contributed by atoms with Gasteiger partial charge in [-0.2, -0.15) is 0 Å². The second-order valence-electron chi connectivity index (χ2n) is 6.20. The highest BCUT2D eigenvalue weighted by molar-refractivity contribution is 5.75. The molecule has 0 saturated heterocycles. The number of alkyl halides is 1. The van der Waals surface area contributed by atoms with Crippen molar-refractivity contribution in [2.24, 2.45) is 11.8 Å².